The van der Waals surface area contributed by atoms with E-state index in [4.69, 9.17) is 4.74 Å². The van der Waals surface area contributed by atoms with Crippen molar-refractivity contribution in [3.63, 3.8) is 0 Å². The average molecular weight is 389 g/mol. The summed E-state index contributed by atoms with van der Waals surface area (Å²) in [4.78, 5) is 14.5. The Morgan fingerprint density at radius 3 is 2.57 bits per heavy atom. The number of hydrogen-bond acceptors (Lipinski definition) is 3. The van der Waals surface area contributed by atoms with Crippen LogP contribution in [0, 0.1) is 5.92 Å². The lowest BCUT2D eigenvalue weighted by atomic mass is 9.81. The number of piperidine rings is 1. The van der Waals surface area contributed by atoms with Gasteiger partial charge in [0.1, 0.15) is 5.75 Å². The van der Waals surface area contributed by atoms with E-state index in [-0.39, 0.29) is 6.03 Å². The van der Waals surface area contributed by atoms with Crippen LogP contribution in [0.2, 0.25) is 0 Å². The lowest BCUT2D eigenvalue weighted by Gasteiger charge is -2.39. The van der Waals surface area contributed by atoms with Gasteiger partial charge in [-0.15, -0.1) is 0 Å². The second-order valence-corrected chi connectivity index (χ2v) is 8.58. The van der Waals surface area contributed by atoms with Gasteiger partial charge in [0.2, 0.25) is 0 Å². The van der Waals surface area contributed by atoms with E-state index in [0.717, 1.165) is 43.5 Å². The Kier molecular flexibility index (Phi) is 7.22. The van der Waals surface area contributed by atoms with Crippen LogP contribution in [-0.4, -0.2) is 40.8 Å². The van der Waals surface area contributed by atoms with Gasteiger partial charge >= 0.3 is 6.03 Å². The third-order valence-electron chi connectivity index (χ3n) is 6.49. The molecule has 156 valence electrons. The highest BCUT2D eigenvalue weighted by molar-refractivity contribution is 5.89. The van der Waals surface area contributed by atoms with Crippen LogP contribution in [0.4, 0.5) is 10.5 Å². The van der Waals surface area contributed by atoms with Crippen molar-refractivity contribution in [3.8, 4) is 5.75 Å². The lowest BCUT2D eigenvalue weighted by Crippen LogP contribution is -2.48. The third-order valence-corrected chi connectivity index (χ3v) is 6.49. The number of amides is 2. The molecule has 2 amide bonds. The zero-order valence-corrected chi connectivity index (χ0v) is 17.5. The van der Waals surface area contributed by atoms with Gasteiger partial charge in [-0.05, 0) is 63.0 Å². The number of ether oxygens (including phenoxy) is 1. The number of carbonyl (C=O) groups is 1. The molecule has 28 heavy (non-hydrogen) atoms. The highest BCUT2D eigenvalue weighted by Crippen LogP contribution is 2.32. The van der Waals surface area contributed by atoms with E-state index < -0.39 is 5.60 Å². The van der Waals surface area contributed by atoms with Gasteiger partial charge in [-0.25, -0.2) is 4.79 Å². The molecule has 0 atom stereocenters. The minimum Gasteiger partial charge on any atom is -0.490 e. The number of likely N-dealkylation sites (tertiary alicyclic amines) is 1. The molecule has 1 heterocycles. The topological polar surface area (TPSA) is 61.8 Å². The summed E-state index contributed by atoms with van der Waals surface area (Å²) in [6, 6.07) is 7.58. The van der Waals surface area contributed by atoms with E-state index in [1.165, 1.54) is 12.8 Å². The number of benzene rings is 1. The first-order valence-electron chi connectivity index (χ1n) is 11.1. The minimum absolute atomic E-state index is 0.0948. The predicted octanol–water partition coefficient (Wildman–Crippen LogP) is 5.19. The van der Waals surface area contributed by atoms with E-state index in [2.05, 4.69) is 19.2 Å². The second kappa shape index (κ2) is 9.64. The van der Waals surface area contributed by atoms with Crippen molar-refractivity contribution < 1.29 is 14.6 Å². The normalized spacial score (nSPS) is 19.8. The van der Waals surface area contributed by atoms with Gasteiger partial charge in [0.25, 0.3) is 0 Å². The van der Waals surface area contributed by atoms with Crippen LogP contribution in [0.15, 0.2) is 24.3 Å². The maximum atomic E-state index is 12.7. The molecular weight excluding hydrogens is 352 g/mol. The molecule has 0 unspecified atom stereocenters. The average Bonchev–Trinajstić information content (AvgIpc) is 3.20. The number of rotatable bonds is 7. The number of carbonyl (C=O) groups excluding carboxylic acids is 1. The Hall–Kier alpha value is -1.75. The molecule has 2 N–H and O–H groups in total. The number of anilines is 1. The summed E-state index contributed by atoms with van der Waals surface area (Å²) >= 11 is 0. The third kappa shape index (κ3) is 5.63. The van der Waals surface area contributed by atoms with Crippen LogP contribution in [-0.2, 0) is 0 Å². The minimum atomic E-state index is -0.623. The fourth-order valence-corrected chi connectivity index (χ4v) is 4.49. The number of aliphatic hydroxyl groups is 1. The SMILES string of the molecule is CCC(CC)CC1(O)CCN(C(=O)Nc2cccc(OC3CCCC3)c2)CC1. The monoisotopic (exact) mass is 388 g/mol. The van der Waals surface area contributed by atoms with Crippen molar-refractivity contribution in [2.24, 2.45) is 5.92 Å². The Balaban J connectivity index is 1.50. The van der Waals surface area contributed by atoms with Gasteiger partial charge in [-0.3, -0.25) is 0 Å². The summed E-state index contributed by atoms with van der Waals surface area (Å²) in [5.74, 6) is 1.39. The van der Waals surface area contributed by atoms with Gasteiger partial charge in [0, 0.05) is 24.8 Å². The maximum absolute atomic E-state index is 12.7. The molecule has 0 radical (unpaired) electrons. The molecule has 1 aromatic carbocycles. The molecule has 3 rings (SSSR count). The fraction of sp³-hybridized carbons (Fsp3) is 0.696. The molecule has 1 saturated heterocycles. The first-order chi connectivity index (χ1) is 13.5. The molecule has 1 aromatic rings. The largest absolute Gasteiger partial charge is 0.490 e. The van der Waals surface area contributed by atoms with Crippen LogP contribution in [0.3, 0.4) is 0 Å². The quantitative estimate of drug-likeness (QED) is 0.675. The summed E-state index contributed by atoms with van der Waals surface area (Å²) in [5.41, 5.74) is 0.140. The van der Waals surface area contributed by atoms with Gasteiger partial charge in [0.15, 0.2) is 0 Å². The van der Waals surface area contributed by atoms with Gasteiger partial charge in [-0.1, -0.05) is 32.8 Å². The Morgan fingerprint density at radius 2 is 1.93 bits per heavy atom. The molecule has 0 aromatic heterocycles. The summed E-state index contributed by atoms with van der Waals surface area (Å²) < 4.78 is 6.03. The van der Waals surface area contributed by atoms with Crippen LogP contribution < -0.4 is 10.1 Å². The van der Waals surface area contributed by atoms with Crippen molar-refractivity contribution >= 4 is 11.7 Å². The number of nitrogens with zero attached hydrogens (tertiary/aromatic N) is 1. The highest BCUT2D eigenvalue weighted by Gasteiger charge is 2.35. The van der Waals surface area contributed by atoms with E-state index in [1.54, 1.807) is 0 Å². The van der Waals surface area contributed by atoms with Crippen LogP contribution >= 0.6 is 0 Å². The summed E-state index contributed by atoms with van der Waals surface area (Å²) in [6.45, 7) is 5.57. The van der Waals surface area contributed by atoms with E-state index >= 15 is 0 Å². The first-order valence-corrected chi connectivity index (χ1v) is 11.1. The van der Waals surface area contributed by atoms with Crippen molar-refractivity contribution in [2.45, 2.75) is 83.3 Å². The zero-order valence-electron chi connectivity index (χ0n) is 17.5. The van der Waals surface area contributed by atoms with E-state index in [0.29, 0.717) is 38.0 Å². The van der Waals surface area contributed by atoms with E-state index in [9.17, 15) is 9.90 Å². The van der Waals surface area contributed by atoms with Crippen molar-refractivity contribution in [1.82, 2.24) is 4.90 Å². The van der Waals surface area contributed by atoms with Gasteiger partial charge in [0.05, 0.1) is 11.7 Å². The van der Waals surface area contributed by atoms with Gasteiger partial charge in [-0.2, -0.15) is 0 Å². The Labute approximate surface area is 169 Å². The Bertz CT molecular complexity index is 630. The van der Waals surface area contributed by atoms with Crippen LogP contribution in [0.5, 0.6) is 5.75 Å². The molecule has 1 saturated carbocycles. The number of nitrogens with one attached hydrogen (secondary N) is 1. The predicted molar refractivity (Wildman–Crippen MR) is 113 cm³/mol. The summed E-state index contributed by atoms with van der Waals surface area (Å²) in [7, 11) is 0. The summed E-state index contributed by atoms with van der Waals surface area (Å²) in [5, 5.41) is 13.9. The molecule has 5 nitrogen and oxygen atoms in total. The Morgan fingerprint density at radius 1 is 1.25 bits per heavy atom. The molecule has 1 aliphatic heterocycles. The lowest BCUT2D eigenvalue weighted by molar-refractivity contribution is -0.0309. The summed E-state index contributed by atoms with van der Waals surface area (Å²) in [6.07, 6.45) is 9.36. The second-order valence-electron chi connectivity index (χ2n) is 8.58. The van der Waals surface area contributed by atoms with Crippen molar-refractivity contribution in [3.05, 3.63) is 24.3 Å². The molecule has 0 spiro atoms. The molecular formula is C23H36N2O3. The standard InChI is InChI=1S/C23H36N2O3/c1-3-18(4-2)17-23(27)12-14-25(15-13-23)22(26)24-19-8-7-11-21(16-19)28-20-9-5-6-10-20/h7-8,11,16,18,20,27H,3-6,9-10,12-15,17H2,1-2H3,(H,24,26). The number of hydrogen-bond donors (Lipinski definition) is 2. The molecule has 5 heteroatoms. The smallest absolute Gasteiger partial charge is 0.321 e. The molecule has 1 aliphatic carbocycles. The zero-order chi connectivity index (χ0) is 20.0. The number of urea groups is 1. The highest BCUT2D eigenvalue weighted by atomic mass is 16.5. The maximum Gasteiger partial charge on any atom is 0.321 e. The molecule has 0 bridgehead atoms. The van der Waals surface area contributed by atoms with Gasteiger partial charge < -0.3 is 20.1 Å². The van der Waals surface area contributed by atoms with Crippen LogP contribution in [0.25, 0.3) is 0 Å². The molecule has 2 aliphatic rings. The van der Waals surface area contributed by atoms with Crippen molar-refractivity contribution in [2.75, 3.05) is 18.4 Å². The fourth-order valence-electron chi connectivity index (χ4n) is 4.49. The van der Waals surface area contributed by atoms with Crippen molar-refractivity contribution in [1.29, 1.82) is 0 Å². The first kappa shape index (κ1) is 21.0. The van der Waals surface area contributed by atoms with E-state index in [1.807, 2.05) is 29.2 Å². The molecule has 2 fully saturated rings. The van der Waals surface area contributed by atoms with Crippen LogP contribution in [0.1, 0.15) is 71.6 Å².